The maximum atomic E-state index is 5.89. The van der Waals surface area contributed by atoms with E-state index >= 15 is 0 Å². The molecule has 0 bridgehead atoms. The molecule has 0 amide bonds. The second kappa shape index (κ2) is 5.96. The van der Waals surface area contributed by atoms with Crippen LogP contribution in [0.15, 0.2) is 18.2 Å². The lowest BCUT2D eigenvalue weighted by molar-refractivity contribution is 0.264. The van der Waals surface area contributed by atoms with Gasteiger partial charge >= 0.3 is 0 Å². The summed E-state index contributed by atoms with van der Waals surface area (Å²) in [5.74, 6) is 0.841. The molecule has 100 valence electrons. The number of nitrogen functional groups attached to an aromatic ring is 1. The molecule has 0 spiro atoms. The molecule has 1 aromatic carbocycles. The summed E-state index contributed by atoms with van der Waals surface area (Å²) >= 11 is 0. The number of hydrogen-bond donors (Lipinski definition) is 2. The molecule has 1 heterocycles. The summed E-state index contributed by atoms with van der Waals surface area (Å²) in [7, 11) is 2.17. The lowest BCUT2D eigenvalue weighted by Crippen LogP contribution is -2.36. The predicted octanol–water partition coefficient (Wildman–Crippen LogP) is 2.17. The van der Waals surface area contributed by atoms with Crippen molar-refractivity contribution in [2.24, 2.45) is 0 Å². The number of rotatable bonds is 4. The zero-order valence-corrected chi connectivity index (χ0v) is 11.3. The van der Waals surface area contributed by atoms with Crippen LogP contribution in [-0.2, 0) is 0 Å². The van der Waals surface area contributed by atoms with Crippen molar-refractivity contribution < 1.29 is 4.74 Å². The molecule has 4 heteroatoms. The Hall–Kier alpha value is -1.42. The second-order valence-electron chi connectivity index (χ2n) is 4.95. The molecule has 0 aliphatic carbocycles. The van der Waals surface area contributed by atoms with E-state index in [4.69, 9.17) is 10.5 Å². The minimum atomic E-state index is 0.539. The smallest absolute Gasteiger partial charge is 0.123 e. The number of nitrogens with one attached hydrogen (secondary N) is 1. The van der Waals surface area contributed by atoms with Gasteiger partial charge in [0.2, 0.25) is 0 Å². The van der Waals surface area contributed by atoms with E-state index in [0.29, 0.717) is 12.6 Å². The van der Waals surface area contributed by atoms with Crippen LogP contribution in [0.2, 0.25) is 0 Å². The van der Waals surface area contributed by atoms with E-state index in [0.717, 1.165) is 30.2 Å². The highest BCUT2D eigenvalue weighted by molar-refractivity contribution is 5.59. The van der Waals surface area contributed by atoms with Crippen molar-refractivity contribution >= 4 is 11.4 Å². The van der Waals surface area contributed by atoms with Crippen LogP contribution in [0, 0.1) is 0 Å². The fourth-order valence-corrected chi connectivity index (χ4v) is 2.34. The normalized spacial score (nSPS) is 17.7. The minimum absolute atomic E-state index is 0.539. The van der Waals surface area contributed by atoms with Crippen molar-refractivity contribution in [3.63, 3.8) is 0 Å². The lowest BCUT2D eigenvalue weighted by atomic mass is 10.1. The third-order valence-corrected chi connectivity index (χ3v) is 3.33. The van der Waals surface area contributed by atoms with Gasteiger partial charge < -0.3 is 20.7 Å². The molecule has 18 heavy (non-hydrogen) atoms. The van der Waals surface area contributed by atoms with Crippen molar-refractivity contribution in [1.29, 1.82) is 0 Å². The van der Waals surface area contributed by atoms with E-state index in [1.165, 1.54) is 12.8 Å². The molecule has 3 N–H and O–H groups in total. The molecule has 4 nitrogen and oxygen atoms in total. The Kier molecular flexibility index (Phi) is 4.31. The van der Waals surface area contributed by atoms with Gasteiger partial charge in [0.25, 0.3) is 0 Å². The van der Waals surface area contributed by atoms with Gasteiger partial charge in [-0.25, -0.2) is 0 Å². The summed E-state index contributed by atoms with van der Waals surface area (Å²) in [6.45, 7) is 4.95. The van der Waals surface area contributed by atoms with Gasteiger partial charge in [-0.05, 0) is 46.0 Å². The van der Waals surface area contributed by atoms with Crippen molar-refractivity contribution in [2.45, 2.75) is 25.8 Å². The van der Waals surface area contributed by atoms with E-state index in [1.54, 1.807) is 0 Å². The quantitative estimate of drug-likeness (QED) is 0.803. The molecule has 1 aromatic rings. The maximum Gasteiger partial charge on any atom is 0.123 e. The first kappa shape index (κ1) is 13.0. The molecule has 0 saturated carbocycles. The van der Waals surface area contributed by atoms with Crippen LogP contribution in [0.3, 0.4) is 0 Å². The first-order valence-corrected chi connectivity index (χ1v) is 6.66. The van der Waals surface area contributed by atoms with E-state index < -0.39 is 0 Å². The van der Waals surface area contributed by atoms with Crippen LogP contribution in [0.25, 0.3) is 0 Å². The molecule has 0 atom stereocenters. The van der Waals surface area contributed by atoms with Crippen molar-refractivity contribution in [3.8, 4) is 5.75 Å². The molecule has 0 unspecified atom stereocenters. The maximum absolute atomic E-state index is 5.89. The van der Waals surface area contributed by atoms with Gasteiger partial charge in [0, 0.05) is 29.5 Å². The number of nitrogens with zero attached hydrogens (tertiary/aromatic N) is 1. The minimum Gasteiger partial charge on any atom is -0.494 e. The average molecular weight is 249 g/mol. The molecule has 1 saturated heterocycles. The highest BCUT2D eigenvalue weighted by Crippen LogP contribution is 2.24. The van der Waals surface area contributed by atoms with Crippen molar-refractivity contribution in [2.75, 3.05) is 37.8 Å². The lowest BCUT2D eigenvalue weighted by Gasteiger charge is -2.30. The standard InChI is InChI=1S/C14H23N3O/c1-3-18-14-9-11(15)8-13(10-14)16-12-4-6-17(2)7-5-12/h8-10,12,16H,3-7,15H2,1-2H3. The second-order valence-corrected chi connectivity index (χ2v) is 4.95. The first-order chi connectivity index (χ1) is 8.67. The van der Waals surface area contributed by atoms with Crippen molar-refractivity contribution in [3.05, 3.63) is 18.2 Å². The Balaban J connectivity index is 2.00. The summed E-state index contributed by atoms with van der Waals surface area (Å²) in [5, 5.41) is 3.55. The molecule has 1 aliphatic rings. The zero-order chi connectivity index (χ0) is 13.0. The van der Waals surface area contributed by atoms with Gasteiger partial charge in [-0.2, -0.15) is 0 Å². The number of ether oxygens (including phenoxy) is 1. The van der Waals surface area contributed by atoms with Crippen LogP contribution in [-0.4, -0.2) is 37.7 Å². The summed E-state index contributed by atoms with van der Waals surface area (Å²) in [5.41, 5.74) is 7.70. The molecule has 0 radical (unpaired) electrons. The first-order valence-electron chi connectivity index (χ1n) is 6.66. The van der Waals surface area contributed by atoms with Gasteiger partial charge in [-0.3, -0.25) is 0 Å². The largest absolute Gasteiger partial charge is 0.494 e. The summed E-state index contributed by atoms with van der Waals surface area (Å²) in [6, 6.07) is 6.40. The molecule has 0 aromatic heterocycles. The average Bonchev–Trinajstić information content (AvgIpc) is 2.32. The molecular formula is C14H23N3O. The van der Waals surface area contributed by atoms with E-state index in [-0.39, 0.29) is 0 Å². The predicted molar refractivity (Wildman–Crippen MR) is 76.2 cm³/mol. The fraction of sp³-hybridized carbons (Fsp3) is 0.571. The third kappa shape index (κ3) is 3.53. The number of nitrogens with two attached hydrogens (primary N) is 1. The highest BCUT2D eigenvalue weighted by atomic mass is 16.5. The highest BCUT2D eigenvalue weighted by Gasteiger charge is 2.16. The van der Waals surface area contributed by atoms with E-state index in [2.05, 4.69) is 17.3 Å². The molecule has 2 rings (SSSR count). The number of likely N-dealkylation sites (tertiary alicyclic amines) is 1. The molecule has 1 fully saturated rings. The summed E-state index contributed by atoms with van der Waals surface area (Å²) < 4.78 is 5.51. The molecular weight excluding hydrogens is 226 g/mol. The van der Waals surface area contributed by atoms with Crippen molar-refractivity contribution in [1.82, 2.24) is 4.90 Å². The van der Waals surface area contributed by atoms with Gasteiger partial charge in [0.05, 0.1) is 6.61 Å². The molecule has 1 aliphatic heterocycles. The van der Waals surface area contributed by atoms with Crippen LogP contribution in [0.4, 0.5) is 11.4 Å². The Bertz CT molecular complexity index is 387. The van der Waals surface area contributed by atoms with E-state index in [9.17, 15) is 0 Å². The van der Waals surface area contributed by atoms with Crippen LogP contribution in [0.5, 0.6) is 5.75 Å². The zero-order valence-electron chi connectivity index (χ0n) is 11.3. The Morgan fingerprint density at radius 2 is 2.06 bits per heavy atom. The van der Waals surface area contributed by atoms with Gasteiger partial charge in [-0.1, -0.05) is 0 Å². The Morgan fingerprint density at radius 1 is 1.33 bits per heavy atom. The topological polar surface area (TPSA) is 50.5 Å². The Morgan fingerprint density at radius 3 is 2.72 bits per heavy atom. The van der Waals surface area contributed by atoms with Crippen LogP contribution in [0.1, 0.15) is 19.8 Å². The van der Waals surface area contributed by atoms with Gasteiger partial charge in [0.1, 0.15) is 5.75 Å². The van der Waals surface area contributed by atoms with E-state index in [1.807, 2.05) is 25.1 Å². The number of benzene rings is 1. The Labute approximate surface area is 109 Å². The number of hydrogen-bond acceptors (Lipinski definition) is 4. The SMILES string of the molecule is CCOc1cc(N)cc(NC2CCN(C)CC2)c1. The summed E-state index contributed by atoms with van der Waals surface area (Å²) in [6.07, 6.45) is 2.35. The fourth-order valence-electron chi connectivity index (χ4n) is 2.34. The van der Waals surface area contributed by atoms with Gasteiger partial charge in [-0.15, -0.1) is 0 Å². The third-order valence-electron chi connectivity index (χ3n) is 3.33. The number of anilines is 2. The number of piperidine rings is 1. The van der Waals surface area contributed by atoms with Crippen LogP contribution >= 0.6 is 0 Å². The van der Waals surface area contributed by atoms with Crippen LogP contribution < -0.4 is 15.8 Å². The monoisotopic (exact) mass is 249 g/mol. The summed E-state index contributed by atoms with van der Waals surface area (Å²) in [4.78, 5) is 2.36. The van der Waals surface area contributed by atoms with Gasteiger partial charge in [0.15, 0.2) is 0 Å².